The number of methoxy groups -OCH3 is 1. The third-order valence-electron chi connectivity index (χ3n) is 2.61. The molecule has 0 aliphatic heterocycles. The first kappa shape index (κ1) is 13.9. The number of nitrogens with zero attached hydrogens (tertiary/aromatic N) is 1. The van der Waals surface area contributed by atoms with Crippen molar-refractivity contribution in [3.05, 3.63) is 59.8 Å². The molecule has 0 bridgehead atoms. The Labute approximate surface area is 114 Å². The number of ether oxygens (including phenoxy) is 1. The number of hydrogen-bond donors (Lipinski definition) is 0. The molecular weight excluding hydrogens is 264 g/mol. The van der Waals surface area contributed by atoms with Gasteiger partial charge >= 0.3 is 5.97 Å². The summed E-state index contributed by atoms with van der Waals surface area (Å²) in [6.07, 6.45) is 4.27. The Morgan fingerprint density at radius 1 is 1.25 bits per heavy atom. The number of carbonyl (C=O) groups is 1. The summed E-state index contributed by atoms with van der Waals surface area (Å²) in [6, 6.07) is 6.57. The molecule has 0 saturated heterocycles. The number of benzene rings is 1. The Hall–Kier alpha value is -2.56. The van der Waals surface area contributed by atoms with Crippen molar-refractivity contribution in [2.24, 2.45) is 0 Å². The number of hydrogen-bond acceptors (Lipinski definition) is 3. The summed E-state index contributed by atoms with van der Waals surface area (Å²) in [4.78, 5) is 15.0. The van der Waals surface area contributed by atoms with Crippen LogP contribution in [-0.2, 0) is 9.53 Å². The molecule has 2 rings (SSSR count). The predicted molar refractivity (Wildman–Crippen MR) is 70.6 cm³/mol. The van der Waals surface area contributed by atoms with Crippen LogP contribution in [0.2, 0.25) is 0 Å². The second kappa shape index (κ2) is 6.06. The smallest absolute Gasteiger partial charge is 0.330 e. The second-order valence-electron chi connectivity index (χ2n) is 3.96. The van der Waals surface area contributed by atoms with Gasteiger partial charge in [0, 0.05) is 23.9 Å². The minimum atomic E-state index is -0.671. The summed E-state index contributed by atoms with van der Waals surface area (Å²) in [5.74, 6) is -1.78. The van der Waals surface area contributed by atoms with E-state index in [0.29, 0.717) is 11.3 Å². The average molecular weight is 275 g/mol. The van der Waals surface area contributed by atoms with Gasteiger partial charge in [-0.05, 0) is 29.8 Å². The minimum Gasteiger partial charge on any atom is -0.466 e. The van der Waals surface area contributed by atoms with E-state index in [1.165, 1.54) is 37.6 Å². The monoisotopic (exact) mass is 275 g/mol. The molecule has 0 saturated carbocycles. The highest BCUT2D eigenvalue weighted by molar-refractivity contribution is 5.86. The number of pyridine rings is 1. The molecular formula is C15H11F2NO2. The van der Waals surface area contributed by atoms with Crippen LogP contribution < -0.4 is 0 Å². The maximum absolute atomic E-state index is 13.6. The summed E-state index contributed by atoms with van der Waals surface area (Å²) < 4.78 is 30.9. The van der Waals surface area contributed by atoms with E-state index in [9.17, 15) is 13.6 Å². The van der Waals surface area contributed by atoms with Crippen molar-refractivity contribution in [3.63, 3.8) is 0 Å². The quantitative estimate of drug-likeness (QED) is 0.637. The van der Waals surface area contributed by atoms with Gasteiger partial charge in [-0.25, -0.2) is 13.6 Å². The van der Waals surface area contributed by atoms with Crippen LogP contribution in [0.3, 0.4) is 0 Å². The molecule has 2 aromatic rings. The number of aromatic nitrogens is 1. The Bertz CT molecular complexity index is 651. The molecule has 0 fully saturated rings. The van der Waals surface area contributed by atoms with Gasteiger partial charge in [0.25, 0.3) is 0 Å². The predicted octanol–water partition coefficient (Wildman–Crippen LogP) is 3.21. The maximum atomic E-state index is 13.6. The van der Waals surface area contributed by atoms with E-state index < -0.39 is 17.6 Å². The van der Waals surface area contributed by atoms with Crippen LogP contribution in [0.1, 0.15) is 5.56 Å². The fraction of sp³-hybridized carbons (Fsp3) is 0.0667. The number of halogens is 2. The molecule has 1 heterocycles. The number of carbonyl (C=O) groups excluding carboxylic acids is 1. The largest absolute Gasteiger partial charge is 0.466 e. The molecule has 1 aromatic heterocycles. The SMILES string of the molecule is COC(=O)C=Cc1ccc(-c2ccc(F)cc2F)nc1. The molecule has 0 radical (unpaired) electrons. The fourth-order valence-electron chi connectivity index (χ4n) is 1.59. The summed E-state index contributed by atoms with van der Waals surface area (Å²) in [5, 5.41) is 0. The minimum absolute atomic E-state index is 0.217. The van der Waals surface area contributed by atoms with Gasteiger partial charge in [0.2, 0.25) is 0 Å². The lowest BCUT2D eigenvalue weighted by Crippen LogP contribution is -1.93. The topological polar surface area (TPSA) is 39.2 Å². The van der Waals surface area contributed by atoms with E-state index >= 15 is 0 Å². The van der Waals surface area contributed by atoms with Crippen molar-refractivity contribution < 1.29 is 18.3 Å². The van der Waals surface area contributed by atoms with Crippen LogP contribution in [0.4, 0.5) is 8.78 Å². The Kier molecular flexibility index (Phi) is 4.20. The molecule has 20 heavy (non-hydrogen) atoms. The zero-order valence-corrected chi connectivity index (χ0v) is 10.6. The standard InChI is InChI=1S/C15H11F2NO2/c1-20-15(19)7-3-10-2-6-14(18-9-10)12-5-4-11(16)8-13(12)17/h2-9H,1H3. The lowest BCUT2D eigenvalue weighted by Gasteiger charge is -2.03. The molecule has 0 aliphatic rings. The molecule has 0 aliphatic carbocycles. The van der Waals surface area contributed by atoms with Gasteiger partial charge in [-0.1, -0.05) is 6.07 Å². The van der Waals surface area contributed by atoms with Gasteiger partial charge < -0.3 is 4.74 Å². The fourth-order valence-corrected chi connectivity index (χ4v) is 1.59. The van der Waals surface area contributed by atoms with Crippen LogP contribution in [-0.4, -0.2) is 18.1 Å². The normalized spacial score (nSPS) is 10.8. The average Bonchev–Trinajstić information content (AvgIpc) is 2.45. The Morgan fingerprint density at radius 3 is 2.65 bits per heavy atom. The zero-order valence-electron chi connectivity index (χ0n) is 10.6. The molecule has 3 nitrogen and oxygen atoms in total. The van der Waals surface area contributed by atoms with Gasteiger partial charge in [0.05, 0.1) is 12.8 Å². The summed E-state index contributed by atoms with van der Waals surface area (Å²) in [5.41, 5.74) is 1.27. The number of rotatable bonds is 3. The molecule has 0 unspecified atom stereocenters. The highest BCUT2D eigenvalue weighted by Crippen LogP contribution is 2.21. The van der Waals surface area contributed by atoms with Gasteiger partial charge in [-0.3, -0.25) is 4.98 Å². The third-order valence-corrected chi connectivity index (χ3v) is 2.61. The molecule has 0 amide bonds. The van der Waals surface area contributed by atoms with E-state index in [0.717, 1.165) is 6.07 Å². The Morgan fingerprint density at radius 2 is 2.05 bits per heavy atom. The van der Waals surface area contributed by atoms with Crippen molar-refractivity contribution in [1.82, 2.24) is 4.98 Å². The first-order chi connectivity index (χ1) is 9.60. The maximum Gasteiger partial charge on any atom is 0.330 e. The highest BCUT2D eigenvalue weighted by atomic mass is 19.1. The first-order valence-electron chi connectivity index (χ1n) is 5.77. The van der Waals surface area contributed by atoms with Gasteiger partial charge in [-0.2, -0.15) is 0 Å². The Balaban J connectivity index is 2.24. The molecule has 102 valence electrons. The van der Waals surface area contributed by atoms with E-state index in [2.05, 4.69) is 9.72 Å². The molecule has 5 heteroatoms. The van der Waals surface area contributed by atoms with Crippen LogP contribution in [0.25, 0.3) is 17.3 Å². The van der Waals surface area contributed by atoms with Crippen molar-refractivity contribution in [2.45, 2.75) is 0 Å². The zero-order chi connectivity index (χ0) is 14.5. The molecule has 0 atom stereocenters. The van der Waals surface area contributed by atoms with Gasteiger partial charge in [-0.15, -0.1) is 0 Å². The van der Waals surface area contributed by atoms with Crippen LogP contribution in [0.15, 0.2) is 42.6 Å². The van der Waals surface area contributed by atoms with Crippen molar-refractivity contribution in [3.8, 4) is 11.3 Å². The summed E-state index contributed by atoms with van der Waals surface area (Å²) in [6.45, 7) is 0. The van der Waals surface area contributed by atoms with Gasteiger partial charge in [0.1, 0.15) is 11.6 Å². The number of esters is 1. The van der Waals surface area contributed by atoms with Crippen molar-refractivity contribution >= 4 is 12.0 Å². The summed E-state index contributed by atoms with van der Waals surface area (Å²) in [7, 11) is 1.28. The highest BCUT2D eigenvalue weighted by Gasteiger charge is 2.07. The van der Waals surface area contributed by atoms with Gasteiger partial charge in [0.15, 0.2) is 0 Å². The van der Waals surface area contributed by atoms with Crippen LogP contribution in [0.5, 0.6) is 0 Å². The van der Waals surface area contributed by atoms with E-state index in [-0.39, 0.29) is 5.56 Å². The first-order valence-corrected chi connectivity index (χ1v) is 5.77. The van der Waals surface area contributed by atoms with Crippen LogP contribution in [0, 0.1) is 11.6 Å². The van der Waals surface area contributed by atoms with Crippen LogP contribution >= 0.6 is 0 Å². The molecule has 0 N–H and O–H groups in total. The molecule has 0 spiro atoms. The second-order valence-corrected chi connectivity index (χ2v) is 3.96. The van der Waals surface area contributed by atoms with Crippen molar-refractivity contribution in [1.29, 1.82) is 0 Å². The lowest BCUT2D eigenvalue weighted by molar-refractivity contribution is -0.134. The lowest BCUT2D eigenvalue weighted by atomic mass is 10.1. The van der Waals surface area contributed by atoms with E-state index in [1.807, 2.05) is 0 Å². The summed E-state index contributed by atoms with van der Waals surface area (Å²) >= 11 is 0. The van der Waals surface area contributed by atoms with Crippen molar-refractivity contribution in [2.75, 3.05) is 7.11 Å². The van der Waals surface area contributed by atoms with E-state index in [4.69, 9.17) is 0 Å². The molecule has 1 aromatic carbocycles. The third kappa shape index (κ3) is 3.26. The van der Waals surface area contributed by atoms with E-state index in [1.54, 1.807) is 12.1 Å².